The maximum atomic E-state index is 10.4. The summed E-state index contributed by atoms with van der Waals surface area (Å²) >= 11 is 0. The van der Waals surface area contributed by atoms with Crippen LogP contribution >= 0.6 is 0 Å². The predicted octanol–water partition coefficient (Wildman–Crippen LogP) is 1.53. The molecule has 0 aliphatic heterocycles. The second-order valence-corrected chi connectivity index (χ2v) is 2.57. The lowest BCUT2D eigenvalue weighted by molar-refractivity contribution is -0.384. The van der Waals surface area contributed by atoms with E-state index < -0.39 is 4.92 Å². The maximum Gasteiger partial charge on any atom is 0.269 e. The fourth-order valence-electron chi connectivity index (χ4n) is 0.997. The Morgan fingerprint density at radius 2 is 2.31 bits per heavy atom. The van der Waals surface area contributed by atoms with Gasteiger partial charge in [-0.05, 0) is 18.4 Å². The first-order valence-electron chi connectivity index (χ1n) is 3.92. The summed E-state index contributed by atoms with van der Waals surface area (Å²) in [5, 5.41) is 18.9. The molecule has 0 unspecified atom stereocenters. The zero-order valence-electron chi connectivity index (χ0n) is 7.01. The summed E-state index contributed by atoms with van der Waals surface area (Å²) in [4.78, 5) is 9.93. The van der Waals surface area contributed by atoms with Gasteiger partial charge in [-0.3, -0.25) is 10.1 Å². The van der Waals surface area contributed by atoms with E-state index in [1.54, 1.807) is 18.6 Å². The first kappa shape index (κ1) is 9.67. The van der Waals surface area contributed by atoms with Crippen LogP contribution in [0.2, 0.25) is 0 Å². The van der Waals surface area contributed by atoms with E-state index in [0.29, 0.717) is 6.42 Å². The van der Waals surface area contributed by atoms with Crippen LogP contribution in [0.1, 0.15) is 12.0 Å². The summed E-state index contributed by atoms with van der Waals surface area (Å²) in [6.45, 7) is 0.0582. The van der Waals surface area contributed by atoms with Crippen molar-refractivity contribution in [3.05, 3.63) is 46.4 Å². The molecule has 0 saturated carbocycles. The Balaban J connectivity index is 2.73. The Kier molecular flexibility index (Phi) is 3.40. The van der Waals surface area contributed by atoms with Crippen molar-refractivity contribution in [1.29, 1.82) is 0 Å². The smallest absolute Gasteiger partial charge is 0.269 e. The number of hydrogen-bond acceptors (Lipinski definition) is 3. The molecule has 1 aromatic carbocycles. The lowest BCUT2D eigenvalue weighted by atomic mass is 10.1. The average Bonchev–Trinajstić information content (AvgIpc) is 2.15. The minimum atomic E-state index is -0.434. The van der Waals surface area contributed by atoms with Crippen LogP contribution in [-0.4, -0.2) is 16.6 Å². The number of nitro groups is 1. The third kappa shape index (κ3) is 2.83. The summed E-state index contributed by atoms with van der Waals surface area (Å²) < 4.78 is 0. The molecule has 1 N–H and O–H groups in total. The third-order valence-corrected chi connectivity index (χ3v) is 1.59. The largest absolute Gasteiger partial charge is 0.396 e. The molecule has 69 valence electrons. The van der Waals surface area contributed by atoms with Gasteiger partial charge in [0, 0.05) is 18.7 Å². The molecule has 0 fully saturated rings. The minimum Gasteiger partial charge on any atom is -0.396 e. The number of aliphatic hydroxyl groups is 1. The lowest BCUT2D eigenvalue weighted by Crippen LogP contribution is -1.90. The first-order chi connectivity index (χ1) is 6.24. The summed E-state index contributed by atoms with van der Waals surface area (Å²) in [6.07, 6.45) is 2.27. The van der Waals surface area contributed by atoms with Gasteiger partial charge in [0.1, 0.15) is 0 Å². The molecule has 13 heavy (non-hydrogen) atoms. The molecular formula is C9H10NO3. The van der Waals surface area contributed by atoms with Crippen molar-refractivity contribution in [1.82, 2.24) is 0 Å². The normalized spacial score (nSPS) is 9.92. The predicted molar refractivity (Wildman–Crippen MR) is 48.2 cm³/mol. The standard InChI is InChI=1S/C9H10NO3/c11-6-2-4-8-3-1-5-9(7-8)10(12)13/h1,3-5,7,11H,2,6H2. The van der Waals surface area contributed by atoms with Gasteiger partial charge in [-0.1, -0.05) is 12.1 Å². The van der Waals surface area contributed by atoms with E-state index in [1.165, 1.54) is 12.1 Å². The van der Waals surface area contributed by atoms with Gasteiger partial charge in [0.05, 0.1) is 4.92 Å². The van der Waals surface area contributed by atoms with Crippen molar-refractivity contribution < 1.29 is 10.0 Å². The van der Waals surface area contributed by atoms with Gasteiger partial charge in [0.15, 0.2) is 0 Å². The van der Waals surface area contributed by atoms with E-state index >= 15 is 0 Å². The Morgan fingerprint density at radius 3 is 2.92 bits per heavy atom. The number of nitro benzene ring substituents is 1. The van der Waals surface area contributed by atoms with E-state index in [2.05, 4.69) is 0 Å². The molecule has 0 amide bonds. The summed E-state index contributed by atoms with van der Waals surface area (Å²) in [6, 6.07) is 6.32. The van der Waals surface area contributed by atoms with Gasteiger partial charge in [0.25, 0.3) is 5.69 Å². The van der Waals surface area contributed by atoms with E-state index in [0.717, 1.165) is 5.56 Å². The Labute approximate surface area is 76.0 Å². The van der Waals surface area contributed by atoms with Crippen LogP contribution < -0.4 is 0 Å². The first-order valence-corrected chi connectivity index (χ1v) is 3.92. The van der Waals surface area contributed by atoms with Gasteiger partial charge in [-0.2, -0.15) is 0 Å². The molecule has 0 aliphatic carbocycles. The molecule has 0 aliphatic rings. The topological polar surface area (TPSA) is 63.4 Å². The average molecular weight is 180 g/mol. The van der Waals surface area contributed by atoms with Gasteiger partial charge in [-0.15, -0.1) is 0 Å². The van der Waals surface area contributed by atoms with E-state index in [1.807, 2.05) is 0 Å². The van der Waals surface area contributed by atoms with Crippen LogP contribution in [0.15, 0.2) is 24.3 Å². The molecule has 0 bridgehead atoms. The van der Waals surface area contributed by atoms with Crippen molar-refractivity contribution in [3.63, 3.8) is 0 Å². The highest BCUT2D eigenvalue weighted by atomic mass is 16.6. The molecule has 1 radical (unpaired) electrons. The van der Waals surface area contributed by atoms with Crippen molar-refractivity contribution >= 4 is 5.69 Å². The van der Waals surface area contributed by atoms with Crippen LogP contribution in [0.5, 0.6) is 0 Å². The number of aliphatic hydroxyl groups excluding tert-OH is 1. The highest BCUT2D eigenvalue weighted by Crippen LogP contribution is 2.14. The van der Waals surface area contributed by atoms with Gasteiger partial charge in [0.2, 0.25) is 0 Å². The van der Waals surface area contributed by atoms with Crippen molar-refractivity contribution in [2.24, 2.45) is 0 Å². The van der Waals surface area contributed by atoms with Crippen molar-refractivity contribution in [2.45, 2.75) is 6.42 Å². The molecule has 0 heterocycles. The van der Waals surface area contributed by atoms with Crippen LogP contribution in [-0.2, 0) is 0 Å². The zero-order valence-corrected chi connectivity index (χ0v) is 7.01. The maximum absolute atomic E-state index is 10.4. The second-order valence-electron chi connectivity index (χ2n) is 2.57. The summed E-state index contributed by atoms with van der Waals surface area (Å²) in [5.41, 5.74) is 0.843. The van der Waals surface area contributed by atoms with E-state index in [9.17, 15) is 10.1 Å². The Bertz CT molecular complexity index is 299. The molecule has 4 nitrogen and oxygen atoms in total. The lowest BCUT2D eigenvalue weighted by Gasteiger charge is -1.97. The molecule has 0 atom stereocenters. The molecule has 4 heteroatoms. The zero-order chi connectivity index (χ0) is 9.68. The molecular weight excluding hydrogens is 170 g/mol. The summed E-state index contributed by atoms with van der Waals surface area (Å²) in [5.74, 6) is 0. The van der Waals surface area contributed by atoms with E-state index in [4.69, 9.17) is 5.11 Å². The number of benzene rings is 1. The van der Waals surface area contributed by atoms with Gasteiger partial charge >= 0.3 is 0 Å². The molecule has 0 spiro atoms. The highest BCUT2D eigenvalue weighted by Gasteiger charge is 2.04. The fourth-order valence-corrected chi connectivity index (χ4v) is 0.997. The van der Waals surface area contributed by atoms with Crippen LogP contribution in [0.25, 0.3) is 0 Å². The minimum absolute atomic E-state index is 0.0582. The van der Waals surface area contributed by atoms with Crippen LogP contribution in [0.4, 0.5) is 5.69 Å². The third-order valence-electron chi connectivity index (χ3n) is 1.59. The van der Waals surface area contributed by atoms with Crippen molar-refractivity contribution in [2.75, 3.05) is 6.61 Å². The molecule has 1 aromatic rings. The number of hydrogen-bond donors (Lipinski definition) is 1. The second kappa shape index (κ2) is 4.57. The van der Waals surface area contributed by atoms with Crippen LogP contribution in [0.3, 0.4) is 0 Å². The number of non-ortho nitro benzene ring substituents is 1. The molecule has 0 aromatic heterocycles. The van der Waals surface area contributed by atoms with E-state index in [-0.39, 0.29) is 12.3 Å². The SMILES string of the molecule is O=[N+]([O-])c1cccc([CH]CCO)c1. The summed E-state index contributed by atoms with van der Waals surface area (Å²) in [7, 11) is 0. The molecule has 1 rings (SSSR count). The monoisotopic (exact) mass is 180 g/mol. The number of rotatable bonds is 4. The highest BCUT2D eigenvalue weighted by molar-refractivity contribution is 5.37. The van der Waals surface area contributed by atoms with Crippen molar-refractivity contribution in [3.8, 4) is 0 Å². The Morgan fingerprint density at radius 1 is 1.54 bits per heavy atom. The quantitative estimate of drug-likeness (QED) is 0.564. The number of nitrogens with zero attached hydrogens (tertiary/aromatic N) is 1. The van der Waals surface area contributed by atoms with Gasteiger partial charge < -0.3 is 5.11 Å². The fraction of sp³-hybridized carbons (Fsp3) is 0.222. The Hall–Kier alpha value is -1.42. The molecule has 0 saturated heterocycles. The van der Waals surface area contributed by atoms with Crippen LogP contribution in [0, 0.1) is 16.5 Å². The van der Waals surface area contributed by atoms with Gasteiger partial charge in [-0.25, -0.2) is 0 Å².